The molecule has 0 N–H and O–H groups in total. The summed E-state index contributed by atoms with van der Waals surface area (Å²) in [6.07, 6.45) is 3.50. The minimum atomic E-state index is -0.106. The van der Waals surface area contributed by atoms with Crippen molar-refractivity contribution in [3.05, 3.63) is 45.6 Å². The summed E-state index contributed by atoms with van der Waals surface area (Å²) in [7, 11) is 9.63. The zero-order valence-corrected chi connectivity index (χ0v) is 14.4. The van der Waals surface area contributed by atoms with Crippen LogP contribution in [0.4, 0.5) is 0 Å². The Morgan fingerprint density at radius 2 is 1.71 bits per heavy atom. The van der Waals surface area contributed by atoms with Crippen molar-refractivity contribution in [1.82, 2.24) is 9.97 Å². The van der Waals surface area contributed by atoms with Crippen LogP contribution in [0.1, 0.15) is 0 Å². The summed E-state index contributed by atoms with van der Waals surface area (Å²) < 4.78 is 1.91. The molecule has 2 heterocycles. The van der Waals surface area contributed by atoms with Gasteiger partial charge in [-0.2, -0.15) is 0 Å². The van der Waals surface area contributed by atoms with E-state index >= 15 is 0 Å². The Morgan fingerprint density at radius 1 is 1.00 bits per heavy atom. The molecule has 0 unspecified atom stereocenters. The average molecular weight is 491 g/mol. The van der Waals surface area contributed by atoms with Crippen LogP contribution >= 0.6 is 50.9 Å². The van der Waals surface area contributed by atoms with Crippen molar-refractivity contribution in [2.24, 2.45) is 0 Å². The van der Waals surface area contributed by atoms with Gasteiger partial charge < -0.3 is 0 Å². The van der Waals surface area contributed by atoms with E-state index in [4.69, 9.17) is 19.1 Å². The van der Waals surface area contributed by atoms with Gasteiger partial charge in [-0.3, -0.25) is 9.97 Å². The van der Waals surface area contributed by atoms with Gasteiger partial charge in [0.05, 0.1) is 10.2 Å². The van der Waals surface area contributed by atoms with Crippen molar-refractivity contribution in [1.29, 1.82) is 0 Å². The summed E-state index contributed by atoms with van der Waals surface area (Å²) >= 11 is 6.79. The number of pyridine rings is 2. The Morgan fingerprint density at radius 3 is 2.29 bits per heavy atom. The van der Waals surface area contributed by atoms with Gasteiger partial charge in [-0.05, 0) is 50.1 Å². The summed E-state index contributed by atoms with van der Waals surface area (Å²) in [4.78, 5) is 8.51. The van der Waals surface area contributed by atoms with Crippen LogP contribution in [0.25, 0.3) is 11.4 Å². The van der Waals surface area contributed by atoms with Crippen molar-refractivity contribution in [2.45, 2.75) is 0 Å². The topological polar surface area (TPSA) is 25.8 Å². The molecule has 0 aliphatic rings. The molecule has 2 aromatic rings. The molecule has 0 amide bonds. The van der Waals surface area contributed by atoms with Crippen LogP contribution in [0.2, 0.25) is 0 Å². The molecule has 0 saturated carbocycles. The summed E-state index contributed by atoms with van der Waals surface area (Å²) in [6, 6.07) is 7.64. The molecule has 0 aliphatic carbocycles. The maximum atomic E-state index is 4.81. The van der Waals surface area contributed by atoms with E-state index < -0.39 is 0 Å². The Labute approximate surface area is 133 Å². The van der Waals surface area contributed by atoms with Crippen molar-refractivity contribution in [3.63, 3.8) is 0 Å². The van der Waals surface area contributed by atoms with E-state index in [1.54, 1.807) is 12.4 Å². The van der Waals surface area contributed by atoms with E-state index in [2.05, 4.69) is 41.8 Å². The Bertz CT molecular complexity index is 471. The molecule has 0 radical (unpaired) electrons. The maximum absolute atomic E-state index is 4.81. The molecule has 17 heavy (non-hydrogen) atoms. The Balaban J connectivity index is 0.000000437. The molecule has 0 atom stereocenters. The predicted octanol–water partition coefficient (Wildman–Crippen LogP) is 5.05. The molecule has 2 nitrogen and oxygen atoms in total. The van der Waals surface area contributed by atoms with Crippen LogP contribution in [0.15, 0.2) is 45.6 Å². The fourth-order valence-electron chi connectivity index (χ4n) is 1.10. The van der Waals surface area contributed by atoms with E-state index in [1.165, 1.54) is 0 Å². The SMILES string of the molecule is Brc1ccnc(-c2ccccn2)c1Br.[Cl][Pd][Cl]. The zero-order valence-electron chi connectivity index (χ0n) is 8.19. The summed E-state index contributed by atoms with van der Waals surface area (Å²) in [5.74, 6) is 0. The van der Waals surface area contributed by atoms with Gasteiger partial charge in [-0.15, -0.1) is 0 Å². The molecule has 0 spiro atoms. The molecule has 0 fully saturated rings. The molecule has 2 rings (SSSR count). The van der Waals surface area contributed by atoms with Crippen LogP contribution in [0.5, 0.6) is 0 Å². The van der Waals surface area contributed by atoms with Gasteiger partial charge in [0, 0.05) is 16.9 Å². The van der Waals surface area contributed by atoms with E-state index in [1.807, 2.05) is 24.3 Å². The van der Waals surface area contributed by atoms with Crippen LogP contribution in [0.3, 0.4) is 0 Å². The molecule has 0 saturated heterocycles. The van der Waals surface area contributed by atoms with Crippen LogP contribution < -0.4 is 0 Å². The normalized spacial score (nSPS) is 9.65. The first-order chi connectivity index (χ1) is 8.20. The first kappa shape index (κ1) is 15.6. The summed E-state index contributed by atoms with van der Waals surface area (Å²) in [5.41, 5.74) is 1.71. The molecule has 0 aliphatic heterocycles. The number of aromatic nitrogens is 2. The minimum absolute atomic E-state index is 0.106. The first-order valence-electron chi connectivity index (χ1n) is 4.24. The fourth-order valence-corrected chi connectivity index (χ4v) is 1.85. The molecule has 94 valence electrons. The second-order valence-electron chi connectivity index (χ2n) is 2.72. The summed E-state index contributed by atoms with van der Waals surface area (Å²) in [5, 5.41) is 0. The fraction of sp³-hybridized carbons (Fsp3) is 0. The monoisotopic (exact) mass is 488 g/mol. The van der Waals surface area contributed by atoms with Gasteiger partial charge in [0.25, 0.3) is 0 Å². The quantitative estimate of drug-likeness (QED) is 0.523. The van der Waals surface area contributed by atoms with Crippen LogP contribution in [0, 0.1) is 0 Å². The molecule has 7 heteroatoms. The summed E-state index contributed by atoms with van der Waals surface area (Å²) in [6.45, 7) is 0. The molecule has 0 aromatic carbocycles. The average Bonchev–Trinajstić information content (AvgIpc) is 2.35. The second-order valence-corrected chi connectivity index (χ2v) is 6.72. The van der Waals surface area contributed by atoms with Crippen molar-refractivity contribution in [2.75, 3.05) is 0 Å². The Kier molecular flexibility index (Phi) is 7.85. The predicted molar refractivity (Wildman–Crippen MR) is 74.6 cm³/mol. The number of hydrogen-bond donors (Lipinski definition) is 0. The van der Waals surface area contributed by atoms with Gasteiger partial charge in [0.15, 0.2) is 0 Å². The molecular formula is C10H6Br2Cl2N2Pd. The van der Waals surface area contributed by atoms with E-state index in [9.17, 15) is 0 Å². The standard InChI is InChI=1S/C10H6Br2N2.2ClH.Pd/c11-7-4-6-14-10(9(7)12)8-3-1-2-5-13-8;;;/h1-6H;2*1H;/q;;;+2/p-2. The van der Waals surface area contributed by atoms with E-state index in [-0.39, 0.29) is 15.9 Å². The zero-order chi connectivity index (χ0) is 12.7. The van der Waals surface area contributed by atoms with Crippen molar-refractivity contribution in [3.8, 4) is 11.4 Å². The van der Waals surface area contributed by atoms with Gasteiger partial charge in [0.2, 0.25) is 0 Å². The van der Waals surface area contributed by atoms with E-state index in [0.717, 1.165) is 20.3 Å². The van der Waals surface area contributed by atoms with Gasteiger partial charge >= 0.3 is 35.0 Å². The van der Waals surface area contributed by atoms with E-state index in [0.29, 0.717) is 0 Å². The van der Waals surface area contributed by atoms with Gasteiger partial charge in [-0.25, -0.2) is 0 Å². The number of nitrogens with zero attached hydrogens (tertiary/aromatic N) is 2. The first-order valence-corrected chi connectivity index (χ1v) is 9.83. The number of hydrogen-bond acceptors (Lipinski definition) is 2. The van der Waals surface area contributed by atoms with Crippen molar-refractivity contribution < 1.29 is 15.9 Å². The molecular weight excluding hydrogens is 485 g/mol. The third-order valence-corrected chi connectivity index (χ3v) is 3.75. The third-order valence-electron chi connectivity index (χ3n) is 1.75. The van der Waals surface area contributed by atoms with Gasteiger partial charge in [-0.1, -0.05) is 6.07 Å². The molecule has 2 aromatic heterocycles. The number of rotatable bonds is 1. The molecule has 0 bridgehead atoms. The third kappa shape index (κ3) is 4.94. The number of halogens is 4. The van der Waals surface area contributed by atoms with Crippen LogP contribution in [-0.2, 0) is 15.9 Å². The Hall–Kier alpha value is 0.502. The van der Waals surface area contributed by atoms with Gasteiger partial charge in [0.1, 0.15) is 5.69 Å². The van der Waals surface area contributed by atoms with Crippen LogP contribution in [-0.4, -0.2) is 9.97 Å². The van der Waals surface area contributed by atoms with Crippen molar-refractivity contribution >= 4 is 50.9 Å². The second kappa shape index (κ2) is 8.58.